The minimum atomic E-state index is -0.100. The van der Waals surface area contributed by atoms with Crippen LogP contribution >= 0.6 is 0 Å². The molecule has 2 heterocycles. The quantitative estimate of drug-likeness (QED) is 0.642. The lowest BCUT2D eigenvalue weighted by atomic mass is 10.1. The number of carbonyl (C=O) groups excluding carboxylic acids is 1. The lowest BCUT2D eigenvalue weighted by molar-refractivity contribution is 0.111. The standard InChI is InChI=1S/C19H19N3O3.C2H6/c1-13(2)22-16(8-10-21-22)19-14(5-4-9-20-19)12-25-18-7-3-6-17(24)15(18)11-23;1-2/h3-11,13,24H,12H2,1-2H3;1-2H3. The first kappa shape index (κ1) is 20.2. The van der Waals surface area contributed by atoms with Crippen LogP contribution in [0.3, 0.4) is 0 Å². The van der Waals surface area contributed by atoms with Crippen molar-refractivity contribution in [2.24, 2.45) is 0 Å². The van der Waals surface area contributed by atoms with Crippen molar-refractivity contribution in [1.82, 2.24) is 14.8 Å². The molecule has 0 spiro atoms. The maximum atomic E-state index is 11.2. The second-order valence-electron chi connectivity index (χ2n) is 5.86. The molecule has 0 bridgehead atoms. The largest absolute Gasteiger partial charge is 0.507 e. The van der Waals surface area contributed by atoms with E-state index in [-0.39, 0.29) is 24.0 Å². The Morgan fingerprint density at radius 1 is 1.15 bits per heavy atom. The molecule has 3 aromatic rings. The van der Waals surface area contributed by atoms with Crippen molar-refractivity contribution >= 4 is 6.29 Å². The molecular formula is C21H25N3O3. The van der Waals surface area contributed by atoms with Crippen LogP contribution in [0.1, 0.15) is 49.7 Å². The number of rotatable bonds is 6. The summed E-state index contributed by atoms with van der Waals surface area (Å²) in [6.07, 6.45) is 4.05. The zero-order chi connectivity index (χ0) is 19.8. The summed E-state index contributed by atoms with van der Waals surface area (Å²) in [7, 11) is 0. The first-order chi connectivity index (χ1) is 13.1. The van der Waals surface area contributed by atoms with Crippen LogP contribution < -0.4 is 4.74 Å². The van der Waals surface area contributed by atoms with E-state index in [1.54, 1.807) is 24.5 Å². The zero-order valence-electron chi connectivity index (χ0n) is 16.1. The molecule has 0 amide bonds. The molecule has 0 saturated heterocycles. The van der Waals surface area contributed by atoms with Crippen LogP contribution in [-0.4, -0.2) is 26.2 Å². The molecule has 2 aromatic heterocycles. The van der Waals surface area contributed by atoms with Crippen LogP contribution in [0.15, 0.2) is 48.8 Å². The van der Waals surface area contributed by atoms with E-state index in [4.69, 9.17) is 4.74 Å². The Morgan fingerprint density at radius 2 is 1.93 bits per heavy atom. The van der Waals surface area contributed by atoms with Crippen LogP contribution in [0.4, 0.5) is 0 Å². The Labute approximate surface area is 159 Å². The third kappa shape index (κ3) is 4.53. The number of carbonyl (C=O) groups is 1. The van der Waals surface area contributed by atoms with E-state index < -0.39 is 0 Å². The SMILES string of the molecule is CC.CC(C)n1nccc1-c1ncccc1COc1cccc(O)c1C=O. The molecule has 1 N–H and O–H groups in total. The predicted molar refractivity (Wildman–Crippen MR) is 105 cm³/mol. The predicted octanol–water partition coefficient (Wildman–Crippen LogP) is 4.65. The van der Waals surface area contributed by atoms with Gasteiger partial charge in [-0.05, 0) is 38.1 Å². The number of phenolic OH excluding ortho intramolecular Hbond substituents is 1. The number of hydrogen-bond acceptors (Lipinski definition) is 5. The van der Waals surface area contributed by atoms with Crippen LogP contribution in [-0.2, 0) is 6.61 Å². The second-order valence-corrected chi connectivity index (χ2v) is 5.86. The Morgan fingerprint density at radius 3 is 2.63 bits per heavy atom. The van der Waals surface area contributed by atoms with Gasteiger partial charge in [0, 0.05) is 24.0 Å². The van der Waals surface area contributed by atoms with Gasteiger partial charge in [-0.15, -0.1) is 0 Å². The summed E-state index contributed by atoms with van der Waals surface area (Å²) in [6, 6.07) is 10.6. The zero-order valence-corrected chi connectivity index (χ0v) is 16.1. The molecule has 142 valence electrons. The van der Waals surface area contributed by atoms with E-state index >= 15 is 0 Å². The van der Waals surface area contributed by atoms with Gasteiger partial charge >= 0.3 is 0 Å². The smallest absolute Gasteiger partial charge is 0.157 e. The van der Waals surface area contributed by atoms with Crippen LogP contribution in [0.25, 0.3) is 11.4 Å². The molecule has 3 rings (SSSR count). The minimum Gasteiger partial charge on any atom is -0.507 e. The number of ether oxygens (including phenoxy) is 1. The second kappa shape index (κ2) is 9.52. The third-order valence-electron chi connectivity index (χ3n) is 3.84. The molecule has 0 aliphatic heterocycles. The molecule has 0 saturated carbocycles. The Balaban J connectivity index is 0.00000126. The van der Waals surface area contributed by atoms with Crippen molar-refractivity contribution in [3.63, 3.8) is 0 Å². The number of aromatic nitrogens is 3. The summed E-state index contributed by atoms with van der Waals surface area (Å²) in [5.41, 5.74) is 2.69. The maximum Gasteiger partial charge on any atom is 0.157 e. The van der Waals surface area contributed by atoms with E-state index in [1.165, 1.54) is 6.07 Å². The number of benzene rings is 1. The lowest BCUT2D eigenvalue weighted by Gasteiger charge is -2.14. The van der Waals surface area contributed by atoms with Crippen molar-refractivity contribution in [2.45, 2.75) is 40.3 Å². The fraction of sp³-hybridized carbons (Fsp3) is 0.286. The van der Waals surface area contributed by atoms with Gasteiger partial charge in [0.25, 0.3) is 0 Å². The van der Waals surface area contributed by atoms with E-state index in [2.05, 4.69) is 23.9 Å². The van der Waals surface area contributed by atoms with Crippen LogP contribution in [0.5, 0.6) is 11.5 Å². The summed E-state index contributed by atoms with van der Waals surface area (Å²) in [4.78, 5) is 15.6. The molecule has 6 heteroatoms. The molecule has 1 aromatic carbocycles. The molecule has 0 radical (unpaired) electrons. The van der Waals surface area contributed by atoms with Gasteiger partial charge < -0.3 is 9.84 Å². The average Bonchev–Trinajstić information content (AvgIpc) is 3.18. The summed E-state index contributed by atoms with van der Waals surface area (Å²) < 4.78 is 7.67. The number of phenols is 1. The summed E-state index contributed by atoms with van der Waals surface area (Å²) in [5.74, 6) is 0.235. The molecular weight excluding hydrogens is 342 g/mol. The highest BCUT2D eigenvalue weighted by Gasteiger charge is 2.15. The van der Waals surface area contributed by atoms with Crippen molar-refractivity contribution in [3.05, 3.63) is 59.9 Å². The Bertz CT molecular complexity index is 888. The number of pyridine rings is 1. The fourth-order valence-corrected chi connectivity index (χ4v) is 2.63. The van der Waals surface area contributed by atoms with Crippen LogP contribution in [0.2, 0.25) is 0 Å². The van der Waals surface area contributed by atoms with Crippen molar-refractivity contribution in [3.8, 4) is 22.9 Å². The summed E-state index contributed by atoms with van der Waals surface area (Å²) >= 11 is 0. The monoisotopic (exact) mass is 367 g/mol. The third-order valence-corrected chi connectivity index (χ3v) is 3.84. The fourth-order valence-electron chi connectivity index (χ4n) is 2.63. The lowest BCUT2D eigenvalue weighted by Crippen LogP contribution is -2.08. The first-order valence-corrected chi connectivity index (χ1v) is 8.99. The van der Waals surface area contributed by atoms with E-state index in [9.17, 15) is 9.90 Å². The molecule has 0 aliphatic rings. The highest BCUT2D eigenvalue weighted by atomic mass is 16.5. The van der Waals surface area contributed by atoms with E-state index in [1.807, 2.05) is 36.7 Å². The first-order valence-electron chi connectivity index (χ1n) is 8.99. The van der Waals surface area contributed by atoms with Crippen molar-refractivity contribution in [1.29, 1.82) is 0 Å². The average molecular weight is 367 g/mol. The van der Waals surface area contributed by atoms with Gasteiger partial charge in [0.05, 0.1) is 17.0 Å². The van der Waals surface area contributed by atoms with Gasteiger partial charge in [-0.3, -0.25) is 14.5 Å². The molecule has 0 unspecified atom stereocenters. The normalized spacial score (nSPS) is 10.3. The van der Waals surface area contributed by atoms with Gasteiger partial charge in [-0.25, -0.2) is 0 Å². The number of aldehydes is 1. The topological polar surface area (TPSA) is 77.2 Å². The van der Waals surface area contributed by atoms with Gasteiger partial charge in [0.2, 0.25) is 0 Å². The number of nitrogens with zero attached hydrogens (tertiary/aromatic N) is 3. The van der Waals surface area contributed by atoms with Crippen molar-refractivity contribution in [2.75, 3.05) is 0 Å². The van der Waals surface area contributed by atoms with Gasteiger partial charge in [-0.2, -0.15) is 5.10 Å². The Kier molecular flexibility index (Phi) is 7.11. The minimum absolute atomic E-state index is 0.100. The highest BCUT2D eigenvalue weighted by Crippen LogP contribution is 2.28. The molecule has 0 aliphatic carbocycles. The number of aromatic hydroxyl groups is 1. The molecule has 27 heavy (non-hydrogen) atoms. The maximum absolute atomic E-state index is 11.2. The summed E-state index contributed by atoms with van der Waals surface area (Å²) in [6.45, 7) is 8.33. The van der Waals surface area contributed by atoms with Crippen molar-refractivity contribution < 1.29 is 14.6 Å². The molecule has 6 nitrogen and oxygen atoms in total. The molecule has 0 fully saturated rings. The van der Waals surface area contributed by atoms with E-state index in [0.717, 1.165) is 17.0 Å². The molecule has 0 atom stereocenters. The van der Waals surface area contributed by atoms with Gasteiger partial charge in [0.15, 0.2) is 6.29 Å². The van der Waals surface area contributed by atoms with Crippen LogP contribution in [0, 0.1) is 0 Å². The highest BCUT2D eigenvalue weighted by molar-refractivity contribution is 5.83. The van der Waals surface area contributed by atoms with Gasteiger partial charge in [0.1, 0.15) is 18.1 Å². The summed E-state index contributed by atoms with van der Waals surface area (Å²) in [5, 5.41) is 14.1. The Hall–Kier alpha value is -3.15. The van der Waals surface area contributed by atoms with Gasteiger partial charge in [-0.1, -0.05) is 26.0 Å². The van der Waals surface area contributed by atoms with E-state index in [0.29, 0.717) is 12.0 Å². The number of hydrogen-bond donors (Lipinski definition) is 1.